The van der Waals surface area contributed by atoms with Gasteiger partial charge in [0.05, 0.1) is 5.54 Å². The highest BCUT2D eigenvalue weighted by molar-refractivity contribution is 5.46. The first-order chi connectivity index (χ1) is 9.60. The molecule has 20 heavy (non-hydrogen) atoms. The summed E-state index contributed by atoms with van der Waals surface area (Å²) in [5.74, 6) is 1.00. The second kappa shape index (κ2) is 3.49. The lowest BCUT2D eigenvalue weighted by molar-refractivity contribution is 0.148. The van der Waals surface area contributed by atoms with Crippen molar-refractivity contribution in [2.45, 2.75) is 31.3 Å². The number of nitrogens with zero attached hydrogens (tertiary/aromatic N) is 2. The molecule has 1 aromatic carbocycles. The van der Waals surface area contributed by atoms with Crippen molar-refractivity contribution >= 4 is 0 Å². The molecular formula is C18H20N2. The second-order valence-electron chi connectivity index (χ2n) is 6.74. The molecule has 4 rings (SSSR count). The third kappa shape index (κ3) is 0.983. The summed E-state index contributed by atoms with van der Waals surface area (Å²) in [6, 6.07) is 10.7. The van der Waals surface area contributed by atoms with Gasteiger partial charge in [-0.1, -0.05) is 55.5 Å². The Morgan fingerprint density at radius 2 is 1.80 bits per heavy atom. The highest BCUT2D eigenvalue weighted by atomic mass is 15.3. The van der Waals surface area contributed by atoms with Gasteiger partial charge in [-0.25, -0.2) is 0 Å². The smallest absolute Gasteiger partial charge is 0.121 e. The van der Waals surface area contributed by atoms with Crippen LogP contribution >= 0.6 is 0 Å². The number of allylic oxidation sites excluding steroid dienone is 1. The summed E-state index contributed by atoms with van der Waals surface area (Å²) in [5, 5.41) is 9.62. The highest BCUT2D eigenvalue weighted by Gasteiger charge is 2.77. The summed E-state index contributed by atoms with van der Waals surface area (Å²) < 4.78 is 0. The van der Waals surface area contributed by atoms with E-state index in [0.717, 1.165) is 6.42 Å². The summed E-state index contributed by atoms with van der Waals surface area (Å²) in [6.45, 7) is 8.61. The topological polar surface area (TPSA) is 24.7 Å². The van der Waals surface area contributed by atoms with Crippen LogP contribution in [0.5, 0.6) is 0 Å². The Balaban J connectivity index is 1.99. The minimum Gasteiger partial charge on any atom is -0.185 e. The maximum atomic E-state index is 4.86. The Morgan fingerprint density at radius 3 is 2.40 bits per heavy atom. The zero-order valence-corrected chi connectivity index (χ0v) is 12.1. The summed E-state index contributed by atoms with van der Waals surface area (Å²) in [6.07, 6.45) is 7.65. The van der Waals surface area contributed by atoms with E-state index in [1.54, 1.807) is 0 Å². The van der Waals surface area contributed by atoms with Gasteiger partial charge in [-0.2, -0.15) is 10.2 Å². The molecule has 1 aromatic rings. The van der Waals surface area contributed by atoms with Crippen molar-refractivity contribution in [3.05, 3.63) is 60.7 Å². The monoisotopic (exact) mass is 264 g/mol. The average Bonchev–Trinajstić information content (AvgIpc) is 2.67. The molecule has 0 aromatic heterocycles. The molecule has 0 N–H and O–H groups in total. The summed E-state index contributed by atoms with van der Waals surface area (Å²) in [5.41, 5.74) is 0.989. The molecule has 1 aliphatic heterocycles. The molecule has 0 saturated heterocycles. The average molecular weight is 264 g/mol. The van der Waals surface area contributed by atoms with Crippen molar-refractivity contribution in [3.63, 3.8) is 0 Å². The predicted octanol–water partition coefficient (Wildman–Crippen LogP) is 4.50. The molecule has 2 nitrogen and oxygen atoms in total. The fraction of sp³-hybridized carbons (Fsp3) is 0.444. The lowest BCUT2D eigenvalue weighted by atomic mass is 9.61. The molecule has 0 unspecified atom stereocenters. The SMILES string of the molecule is C=CC[C@]1(C)[C@@]2(C)N=N[C@@]1(c1ccccc1)[C@@H]1C=C[C@H]12. The van der Waals surface area contributed by atoms with Crippen LogP contribution in [-0.4, -0.2) is 5.54 Å². The Labute approximate surface area is 120 Å². The van der Waals surface area contributed by atoms with Crippen LogP contribution in [0.15, 0.2) is 65.4 Å². The fourth-order valence-corrected chi connectivity index (χ4v) is 4.84. The number of hydrogen-bond acceptors (Lipinski definition) is 2. The van der Waals surface area contributed by atoms with Gasteiger partial charge < -0.3 is 0 Å². The van der Waals surface area contributed by atoms with E-state index in [2.05, 4.69) is 62.9 Å². The standard InChI is InChI=1S/C18H20N2/c1-4-12-16(2)17(3)14-10-11-15(14)18(16,20-19-17)13-8-6-5-7-9-13/h4-11,14-15H,1,12H2,2-3H3/t14-,15-,16-,17+,18+/m1/s1. The van der Waals surface area contributed by atoms with Gasteiger partial charge >= 0.3 is 0 Å². The number of rotatable bonds is 3. The molecule has 0 spiro atoms. The molecule has 2 heteroatoms. The van der Waals surface area contributed by atoms with E-state index in [4.69, 9.17) is 10.2 Å². The van der Waals surface area contributed by atoms with Crippen molar-refractivity contribution in [3.8, 4) is 0 Å². The van der Waals surface area contributed by atoms with Gasteiger partial charge in [0, 0.05) is 17.3 Å². The first-order valence-electron chi connectivity index (χ1n) is 7.39. The van der Waals surface area contributed by atoms with Crippen molar-refractivity contribution in [2.24, 2.45) is 27.5 Å². The highest BCUT2D eigenvalue weighted by Crippen LogP contribution is 2.74. The third-order valence-electron chi connectivity index (χ3n) is 6.18. The van der Waals surface area contributed by atoms with E-state index in [1.807, 2.05) is 6.08 Å². The number of hydrogen-bond donors (Lipinski definition) is 0. The minimum absolute atomic E-state index is 0.00192. The van der Waals surface area contributed by atoms with E-state index in [1.165, 1.54) is 5.56 Å². The Hall–Kier alpha value is -1.70. The molecule has 2 bridgehead atoms. The first kappa shape index (κ1) is 12.1. The van der Waals surface area contributed by atoms with Crippen LogP contribution in [0.25, 0.3) is 0 Å². The maximum absolute atomic E-state index is 4.86. The van der Waals surface area contributed by atoms with Crippen molar-refractivity contribution in [1.82, 2.24) is 0 Å². The summed E-state index contributed by atoms with van der Waals surface area (Å²) in [7, 11) is 0. The van der Waals surface area contributed by atoms with E-state index >= 15 is 0 Å². The quantitative estimate of drug-likeness (QED) is 0.718. The first-order valence-corrected chi connectivity index (χ1v) is 7.39. The fourth-order valence-electron chi connectivity index (χ4n) is 4.84. The Bertz CT molecular complexity index is 632. The molecule has 5 atom stereocenters. The van der Waals surface area contributed by atoms with Gasteiger partial charge in [0.15, 0.2) is 0 Å². The largest absolute Gasteiger partial charge is 0.185 e. The normalized spacial score (nSPS) is 47.1. The number of benzene rings is 1. The van der Waals surface area contributed by atoms with Crippen LogP contribution in [0, 0.1) is 17.3 Å². The van der Waals surface area contributed by atoms with Crippen LogP contribution in [-0.2, 0) is 5.54 Å². The number of azo groups is 1. The van der Waals surface area contributed by atoms with Gasteiger partial charge in [0.25, 0.3) is 0 Å². The molecule has 0 amide bonds. The van der Waals surface area contributed by atoms with Gasteiger partial charge in [-0.3, -0.25) is 0 Å². The van der Waals surface area contributed by atoms with Crippen molar-refractivity contribution in [1.29, 1.82) is 0 Å². The molecule has 3 aliphatic rings. The van der Waals surface area contributed by atoms with Crippen LogP contribution in [0.4, 0.5) is 0 Å². The van der Waals surface area contributed by atoms with E-state index in [0.29, 0.717) is 11.8 Å². The lowest BCUT2D eigenvalue weighted by Crippen LogP contribution is -2.45. The van der Waals surface area contributed by atoms with Crippen molar-refractivity contribution < 1.29 is 0 Å². The van der Waals surface area contributed by atoms with Crippen molar-refractivity contribution in [2.75, 3.05) is 0 Å². The molecule has 1 saturated carbocycles. The number of fused-ring (bicyclic) bond motifs is 5. The Morgan fingerprint density at radius 1 is 1.10 bits per heavy atom. The molecular weight excluding hydrogens is 244 g/mol. The molecule has 102 valence electrons. The second-order valence-corrected chi connectivity index (χ2v) is 6.74. The minimum atomic E-state index is -0.212. The maximum Gasteiger partial charge on any atom is 0.121 e. The van der Waals surface area contributed by atoms with Crippen LogP contribution in [0.3, 0.4) is 0 Å². The lowest BCUT2D eigenvalue weighted by Gasteiger charge is -2.41. The van der Waals surface area contributed by atoms with Crippen LogP contribution in [0.2, 0.25) is 0 Å². The molecule has 2 aliphatic carbocycles. The predicted molar refractivity (Wildman–Crippen MR) is 80.4 cm³/mol. The molecule has 1 heterocycles. The van der Waals surface area contributed by atoms with Gasteiger partial charge in [0.1, 0.15) is 5.54 Å². The van der Waals surface area contributed by atoms with E-state index in [9.17, 15) is 0 Å². The molecule has 0 radical (unpaired) electrons. The van der Waals surface area contributed by atoms with E-state index in [-0.39, 0.29) is 16.5 Å². The van der Waals surface area contributed by atoms with Gasteiger partial charge in [-0.05, 0) is 18.9 Å². The van der Waals surface area contributed by atoms with Gasteiger partial charge in [-0.15, -0.1) is 6.58 Å². The third-order valence-corrected chi connectivity index (χ3v) is 6.18. The van der Waals surface area contributed by atoms with Crippen LogP contribution in [0.1, 0.15) is 25.8 Å². The summed E-state index contributed by atoms with van der Waals surface area (Å²) >= 11 is 0. The van der Waals surface area contributed by atoms with E-state index < -0.39 is 0 Å². The van der Waals surface area contributed by atoms with Crippen LogP contribution < -0.4 is 0 Å². The zero-order valence-electron chi connectivity index (χ0n) is 12.1. The summed E-state index contributed by atoms with van der Waals surface area (Å²) in [4.78, 5) is 0. The van der Waals surface area contributed by atoms with Gasteiger partial charge in [0.2, 0.25) is 0 Å². The molecule has 1 fully saturated rings. The zero-order chi connectivity index (χ0) is 14.0. The Kier molecular flexibility index (Phi) is 2.11.